The highest BCUT2D eigenvalue weighted by atomic mass is 16.5. The molecule has 0 radical (unpaired) electrons. The van der Waals surface area contributed by atoms with Crippen molar-refractivity contribution >= 4 is 11.0 Å². The van der Waals surface area contributed by atoms with E-state index < -0.39 is 0 Å². The molecule has 3 rings (SSSR count). The van der Waals surface area contributed by atoms with Gasteiger partial charge in [-0.25, -0.2) is 4.79 Å². The van der Waals surface area contributed by atoms with E-state index in [2.05, 4.69) is 4.90 Å². The number of fused-ring (bicyclic) bond motifs is 1. The maximum absolute atomic E-state index is 11.8. The number of nitrogens with zero attached hydrogens (tertiary/aromatic N) is 1. The molecular weight excluding hydrogens is 304 g/mol. The molecule has 2 N–H and O–H groups in total. The van der Waals surface area contributed by atoms with Gasteiger partial charge in [-0.3, -0.25) is 0 Å². The molecule has 0 amide bonds. The molecule has 0 unspecified atom stereocenters. The number of likely N-dealkylation sites (tertiary alicyclic amines) is 1. The Morgan fingerprint density at radius 3 is 2.75 bits per heavy atom. The number of aryl methyl sites for hydroxylation is 1. The van der Waals surface area contributed by atoms with Crippen molar-refractivity contribution in [3.05, 3.63) is 39.7 Å². The minimum absolute atomic E-state index is 0.277. The first kappa shape index (κ1) is 17.0. The minimum Gasteiger partial charge on any atom is -0.493 e. The number of rotatable bonds is 5. The van der Waals surface area contributed by atoms with Crippen molar-refractivity contribution in [3.63, 3.8) is 0 Å². The third-order valence-electron chi connectivity index (χ3n) is 4.95. The van der Waals surface area contributed by atoms with Gasteiger partial charge >= 0.3 is 5.63 Å². The highest BCUT2D eigenvalue weighted by Crippen LogP contribution is 2.24. The van der Waals surface area contributed by atoms with Gasteiger partial charge in [-0.2, -0.15) is 0 Å². The van der Waals surface area contributed by atoms with E-state index >= 15 is 0 Å². The van der Waals surface area contributed by atoms with Crippen molar-refractivity contribution in [2.75, 3.05) is 26.2 Å². The number of benzene rings is 1. The smallest absolute Gasteiger partial charge is 0.339 e. The summed E-state index contributed by atoms with van der Waals surface area (Å²) < 4.78 is 11.2. The van der Waals surface area contributed by atoms with Crippen LogP contribution in [0.5, 0.6) is 5.75 Å². The van der Waals surface area contributed by atoms with Crippen LogP contribution < -0.4 is 16.1 Å². The molecule has 1 aromatic heterocycles. The van der Waals surface area contributed by atoms with Gasteiger partial charge in [0.15, 0.2) is 0 Å². The Kier molecular flexibility index (Phi) is 5.21. The van der Waals surface area contributed by atoms with Crippen LogP contribution in [0.15, 0.2) is 27.4 Å². The van der Waals surface area contributed by atoms with E-state index in [1.54, 1.807) is 6.92 Å². The van der Waals surface area contributed by atoms with Gasteiger partial charge in [-0.15, -0.1) is 0 Å². The molecule has 0 bridgehead atoms. The van der Waals surface area contributed by atoms with Gasteiger partial charge in [0.05, 0.1) is 6.61 Å². The summed E-state index contributed by atoms with van der Waals surface area (Å²) in [5.74, 6) is 0.745. The van der Waals surface area contributed by atoms with E-state index in [1.165, 1.54) is 0 Å². The molecule has 0 spiro atoms. The van der Waals surface area contributed by atoms with Crippen LogP contribution >= 0.6 is 0 Å². The van der Waals surface area contributed by atoms with Crippen molar-refractivity contribution in [1.29, 1.82) is 0 Å². The fraction of sp³-hybridized carbons (Fsp3) is 0.526. The van der Waals surface area contributed by atoms with Crippen LogP contribution in [0.2, 0.25) is 0 Å². The van der Waals surface area contributed by atoms with Gasteiger partial charge in [0.25, 0.3) is 0 Å². The lowest BCUT2D eigenvalue weighted by Gasteiger charge is -2.29. The van der Waals surface area contributed by atoms with Crippen molar-refractivity contribution in [2.45, 2.75) is 39.2 Å². The average molecular weight is 330 g/mol. The van der Waals surface area contributed by atoms with Crippen molar-refractivity contribution in [2.24, 2.45) is 5.73 Å². The number of hydrogen-bond donors (Lipinski definition) is 1. The third-order valence-corrected chi connectivity index (χ3v) is 4.95. The van der Waals surface area contributed by atoms with Gasteiger partial charge in [-0.1, -0.05) is 0 Å². The molecule has 1 fully saturated rings. The predicted octanol–water partition coefficient (Wildman–Crippen LogP) is 2.60. The second-order valence-electron chi connectivity index (χ2n) is 6.68. The molecule has 1 aliphatic rings. The third kappa shape index (κ3) is 3.79. The molecule has 0 atom stereocenters. The Labute approximate surface area is 142 Å². The molecule has 1 aromatic carbocycles. The molecule has 5 heteroatoms. The maximum Gasteiger partial charge on any atom is 0.339 e. The summed E-state index contributed by atoms with van der Waals surface area (Å²) in [7, 11) is 0. The summed E-state index contributed by atoms with van der Waals surface area (Å²) in [4.78, 5) is 14.2. The summed E-state index contributed by atoms with van der Waals surface area (Å²) >= 11 is 0. The molecule has 0 aliphatic carbocycles. The molecular formula is C19H26N2O3. The Hall–Kier alpha value is -1.85. The van der Waals surface area contributed by atoms with Crippen LogP contribution in [0.3, 0.4) is 0 Å². The largest absolute Gasteiger partial charge is 0.493 e. The van der Waals surface area contributed by atoms with Crippen LogP contribution in [-0.2, 0) is 0 Å². The second-order valence-corrected chi connectivity index (χ2v) is 6.68. The van der Waals surface area contributed by atoms with Crippen LogP contribution in [0.1, 0.15) is 30.4 Å². The van der Waals surface area contributed by atoms with Gasteiger partial charge in [0.1, 0.15) is 11.3 Å². The first-order valence-electron chi connectivity index (χ1n) is 8.69. The van der Waals surface area contributed by atoms with Crippen molar-refractivity contribution in [1.82, 2.24) is 4.90 Å². The lowest BCUT2D eigenvalue weighted by atomic mass is 10.1. The normalized spacial score (nSPS) is 16.6. The summed E-state index contributed by atoms with van der Waals surface area (Å²) in [6, 6.07) is 6.08. The molecule has 1 saturated heterocycles. The summed E-state index contributed by atoms with van der Waals surface area (Å²) in [6.45, 7) is 7.59. The van der Waals surface area contributed by atoms with Gasteiger partial charge in [0.2, 0.25) is 0 Å². The molecule has 24 heavy (non-hydrogen) atoms. The Morgan fingerprint density at radius 1 is 1.25 bits per heavy atom. The molecule has 1 aliphatic heterocycles. The van der Waals surface area contributed by atoms with Gasteiger partial charge in [-0.05, 0) is 63.9 Å². The van der Waals surface area contributed by atoms with E-state index in [1.807, 2.05) is 25.1 Å². The van der Waals surface area contributed by atoms with Gasteiger partial charge in [0, 0.05) is 29.6 Å². The summed E-state index contributed by atoms with van der Waals surface area (Å²) in [5.41, 5.74) is 7.87. The predicted molar refractivity (Wildman–Crippen MR) is 95.7 cm³/mol. The van der Waals surface area contributed by atoms with Crippen LogP contribution in [0.25, 0.3) is 11.0 Å². The Balaban J connectivity index is 1.56. The van der Waals surface area contributed by atoms with Crippen LogP contribution in [0, 0.1) is 13.8 Å². The standard InChI is InChI=1S/C19H26N2O3/c1-13-14(2)19(22)24-18-12-16(4-5-17(13)18)23-11-3-8-21-9-6-15(20)7-10-21/h4-5,12,15H,3,6-11,20H2,1-2H3. The molecule has 5 nitrogen and oxygen atoms in total. The molecule has 2 aromatic rings. The van der Waals surface area contributed by atoms with E-state index in [0.29, 0.717) is 23.8 Å². The Bertz CT molecular complexity index is 761. The quantitative estimate of drug-likeness (QED) is 0.674. The summed E-state index contributed by atoms with van der Waals surface area (Å²) in [5, 5.41) is 0.962. The maximum atomic E-state index is 11.8. The zero-order valence-electron chi connectivity index (χ0n) is 14.5. The zero-order valence-corrected chi connectivity index (χ0v) is 14.5. The number of ether oxygens (including phenoxy) is 1. The Morgan fingerprint density at radius 2 is 2.00 bits per heavy atom. The zero-order chi connectivity index (χ0) is 17.1. The lowest BCUT2D eigenvalue weighted by Crippen LogP contribution is -2.40. The molecule has 2 heterocycles. The van der Waals surface area contributed by atoms with E-state index in [4.69, 9.17) is 14.9 Å². The number of hydrogen-bond acceptors (Lipinski definition) is 5. The fourth-order valence-electron chi connectivity index (χ4n) is 3.17. The van der Waals surface area contributed by atoms with Crippen LogP contribution in [0.4, 0.5) is 0 Å². The monoisotopic (exact) mass is 330 g/mol. The lowest BCUT2D eigenvalue weighted by molar-refractivity contribution is 0.194. The van der Waals surface area contributed by atoms with E-state index in [0.717, 1.165) is 55.6 Å². The number of piperidine rings is 1. The van der Waals surface area contributed by atoms with E-state index in [-0.39, 0.29) is 5.63 Å². The average Bonchev–Trinajstić information content (AvgIpc) is 2.58. The fourth-order valence-corrected chi connectivity index (χ4v) is 3.17. The van der Waals surface area contributed by atoms with Crippen molar-refractivity contribution < 1.29 is 9.15 Å². The SMILES string of the molecule is Cc1c(C)c2ccc(OCCCN3CCC(N)CC3)cc2oc1=O. The molecule has 130 valence electrons. The highest BCUT2D eigenvalue weighted by molar-refractivity contribution is 5.82. The van der Waals surface area contributed by atoms with Crippen LogP contribution in [-0.4, -0.2) is 37.2 Å². The first-order chi connectivity index (χ1) is 11.5. The summed E-state index contributed by atoms with van der Waals surface area (Å²) in [6.07, 6.45) is 3.15. The highest BCUT2D eigenvalue weighted by Gasteiger charge is 2.15. The molecule has 0 saturated carbocycles. The van der Waals surface area contributed by atoms with Crippen molar-refractivity contribution in [3.8, 4) is 5.75 Å². The first-order valence-corrected chi connectivity index (χ1v) is 8.69. The minimum atomic E-state index is -0.277. The van der Waals surface area contributed by atoms with Gasteiger partial charge < -0.3 is 19.8 Å². The topological polar surface area (TPSA) is 68.7 Å². The number of nitrogens with two attached hydrogens (primary N) is 1. The second kappa shape index (κ2) is 7.36. The van der Waals surface area contributed by atoms with E-state index in [9.17, 15) is 4.79 Å².